The Balaban J connectivity index is 1.74. The van der Waals surface area contributed by atoms with Gasteiger partial charge in [0.05, 0.1) is 11.7 Å². The second kappa shape index (κ2) is 7.07. The van der Waals surface area contributed by atoms with Gasteiger partial charge in [0.1, 0.15) is 5.60 Å². The standard InChI is InChI=1S/C24H35N3O4/c1-26-21(25)27-11-5-10-22(14-27)16-9-8-15-6-3-4-7-18(31-2)24(30)13-23(15,22)17(12-16)19(24)20(28)29/h5,11,15-16,18,30H,3-4,6-10,12-14H2,1-2H3,(H2,25,26)(H,28,29). The molecule has 7 heteroatoms. The summed E-state index contributed by atoms with van der Waals surface area (Å²) >= 11 is 0. The highest BCUT2D eigenvalue weighted by Gasteiger charge is 2.74. The number of rotatable bonds is 2. The van der Waals surface area contributed by atoms with Crippen LogP contribution in [0, 0.1) is 22.7 Å². The van der Waals surface area contributed by atoms with Gasteiger partial charge in [0.25, 0.3) is 0 Å². The highest BCUT2D eigenvalue weighted by atomic mass is 16.5. The monoisotopic (exact) mass is 429 g/mol. The summed E-state index contributed by atoms with van der Waals surface area (Å²) in [5, 5.41) is 22.4. The molecule has 2 spiro atoms. The molecule has 6 atom stereocenters. The molecule has 3 bridgehead atoms. The molecular weight excluding hydrogens is 394 g/mol. The summed E-state index contributed by atoms with van der Waals surface area (Å²) in [6.45, 7) is 0.734. The van der Waals surface area contributed by atoms with Crippen molar-refractivity contribution < 1.29 is 19.7 Å². The Hall–Kier alpha value is -1.86. The minimum atomic E-state index is -1.44. The first-order valence-electron chi connectivity index (χ1n) is 11.7. The minimum Gasteiger partial charge on any atom is -0.478 e. The number of aliphatic hydroxyl groups is 1. The highest BCUT2D eigenvalue weighted by Crippen LogP contribution is 2.77. The van der Waals surface area contributed by atoms with E-state index >= 15 is 0 Å². The molecule has 0 aromatic carbocycles. The van der Waals surface area contributed by atoms with Crippen molar-refractivity contribution in [1.29, 1.82) is 0 Å². The van der Waals surface area contributed by atoms with E-state index < -0.39 is 17.7 Å². The molecule has 7 nitrogen and oxygen atoms in total. The molecule has 5 rings (SSSR count). The Morgan fingerprint density at radius 1 is 1.26 bits per heavy atom. The second-order valence-electron chi connectivity index (χ2n) is 10.4. The van der Waals surface area contributed by atoms with Gasteiger partial charge in [-0.05, 0) is 62.4 Å². The van der Waals surface area contributed by atoms with Crippen LogP contribution in [0.5, 0.6) is 0 Å². The largest absolute Gasteiger partial charge is 0.478 e. The van der Waals surface area contributed by atoms with Crippen LogP contribution < -0.4 is 5.73 Å². The van der Waals surface area contributed by atoms with Crippen LogP contribution in [0.3, 0.4) is 0 Å². The molecule has 170 valence electrons. The van der Waals surface area contributed by atoms with Crippen LogP contribution in [0.15, 0.2) is 28.4 Å². The van der Waals surface area contributed by atoms with E-state index in [1.54, 1.807) is 14.2 Å². The van der Waals surface area contributed by atoms with Crippen molar-refractivity contribution in [2.24, 2.45) is 33.4 Å². The number of allylic oxidation sites excluding steroid dienone is 2. The summed E-state index contributed by atoms with van der Waals surface area (Å²) in [5.41, 5.74) is 5.59. The lowest BCUT2D eigenvalue weighted by atomic mass is 9.48. The molecule has 5 aliphatic rings. The topological polar surface area (TPSA) is 108 Å². The lowest BCUT2D eigenvalue weighted by molar-refractivity contribution is -0.144. The maximum Gasteiger partial charge on any atom is 0.334 e. The summed E-state index contributed by atoms with van der Waals surface area (Å²) in [6.07, 6.45) is 11.9. The average Bonchev–Trinajstić information content (AvgIpc) is 3.10. The van der Waals surface area contributed by atoms with E-state index in [1.807, 2.05) is 11.1 Å². The fourth-order valence-electron chi connectivity index (χ4n) is 8.46. The zero-order chi connectivity index (χ0) is 22.0. The van der Waals surface area contributed by atoms with E-state index in [-0.39, 0.29) is 16.4 Å². The first kappa shape index (κ1) is 21.0. The molecule has 3 fully saturated rings. The molecule has 4 aliphatic carbocycles. The number of carbonyl (C=O) groups is 1. The van der Waals surface area contributed by atoms with Crippen molar-refractivity contribution in [3.8, 4) is 0 Å². The molecule has 0 amide bonds. The van der Waals surface area contributed by atoms with Crippen LogP contribution in [0.25, 0.3) is 0 Å². The maximum atomic E-state index is 12.6. The van der Waals surface area contributed by atoms with Crippen molar-refractivity contribution in [3.63, 3.8) is 0 Å². The van der Waals surface area contributed by atoms with Gasteiger partial charge in [0, 0.05) is 37.7 Å². The van der Waals surface area contributed by atoms with Gasteiger partial charge in [-0.2, -0.15) is 0 Å². The van der Waals surface area contributed by atoms with Crippen LogP contribution >= 0.6 is 0 Å². The number of methoxy groups -OCH3 is 1. The Morgan fingerprint density at radius 3 is 2.71 bits per heavy atom. The number of nitrogens with two attached hydrogens (primary N) is 1. The molecule has 31 heavy (non-hydrogen) atoms. The SMILES string of the molecule is CN=C(N)N1C=CCC2(C1)C1CCC3CCCCC(OC)C4(O)CC32C(=C4C(=O)O)C1. The van der Waals surface area contributed by atoms with Crippen LogP contribution in [0.4, 0.5) is 0 Å². The molecule has 1 aliphatic heterocycles. The normalized spacial score (nSPS) is 44.4. The van der Waals surface area contributed by atoms with E-state index in [4.69, 9.17) is 10.5 Å². The number of carboxylic acid groups (broad SMARTS) is 1. The fraction of sp³-hybridized carbons (Fsp3) is 0.750. The number of nitrogens with zero attached hydrogens (tertiary/aromatic N) is 2. The summed E-state index contributed by atoms with van der Waals surface area (Å²) in [4.78, 5) is 18.9. The Labute approximate surface area is 184 Å². The Kier molecular flexibility index (Phi) is 4.79. The smallest absolute Gasteiger partial charge is 0.334 e. The van der Waals surface area contributed by atoms with Gasteiger partial charge in [0.2, 0.25) is 0 Å². The van der Waals surface area contributed by atoms with Crippen molar-refractivity contribution in [3.05, 3.63) is 23.4 Å². The summed E-state index contributed by atoms with van der Waals surface area (Å²) < 4.78 is 5.78. The van der Waals surface area contributed by atoms with Crippen LogP contribution in [-0.2, 0) is 9.53 Å². The third kappa shape index (κ3) is 2.53. The molecule has 0 radical (unpaired) electrons. The third-order valence-corrected chi connectivity index (χ3v) is 9.55. The minimum absolute atomic E-state index is 0.136. The number of ether oxygens (including phenoxy) is 1. The Bertz CT molecular complexity index is 882. The lowest BCUT2D eigenvalue weighted by Crippen LogP contribution is -2.59. The predicted molar refractivity (Wildman–Crippen MR) is 117 cm³/mol. The first-order valence-corrected chi connectivity index (χ1v) is 11.7. The number of aliphatic carboxylic acids is 1. The van der Waals surface area contributed by atoms with Crippen LogP contribution in [0.2, 0.25) is 0 Å². The number of hydrogen-bond donors (Lipinski definition) is 3. The fourth-order valence-corrected chi connectivity index (χ4v) is 8.46. The van der Waals surface area contributed by atoms with Crippen molar-refractivity contribution >= 4 is 11.9 Å². The number of aliphatic imine (C=N–C) groups is 1. The van der Waals surface area contributed by atoms with E-state index in [0.29, 0.717) is 30.6 Å². The van der Waals surface area contributed by atoms with Gasteiger partial charge < -0.3 is 25.6 Å². The molecular formula is C24H35N3O4. The number of fused-ring (bicyclic) bond motifs is 1. The molecule has 0 aromatic heterocycles. The molecule has 6 unspecified atom stereocenters. The maximum absolute atomic E-state index is 12.6. The Morgan fingerprint density at radius 2 is 2.00 bits per heavy atom. The summed E-state index contributed by atoms with van der Waals surface area (Å²) in [6, 6.07) is 0. The average molecular weight is 430 g/mol. The second-order valence-corrected chi connectivity index (χ2v) is 10.4. The molecule has 0 saturated heterocycles. The van der Waals surface area contributed by atoms with Crippen molar-refractivity contribution in [2.45, 2.75) is 69.5 Å². The van der Waals surface area contributed by atoms with Crippen LogP contribution in [-0.4, -0.2) is 59.4 Å². The van der Waals surface area contributed by atoms with Gasteiger partial charge in [-0.1, -0.05) is 18.9 Å². The van der Waals surface area contributed by atoms with Crippen molar-refractivity contribution in [1.82, 2.24) is 4.90 Å². The summed E-state index contributed by atoms with van der Waals surface area (Å²) in [5.74, 6) is 0.297. The van der Waals surface area contributed by atoms with E-state index in [1.165, 1.54) is 0 Å². The summed E-state index contributed by atoms with van der Waals surface area (Å²) in [7, 11) is 3.31. The highest BCUT2D eigenvalue weighted by molar-refractivity contribution is 5.92. The van der Waals surface area contributed by atoms with E-state index in [9.17, 15) is 15.0 Å². The zero-order valence-electron chi connectivity index (χ0n) is 18.6. The van der Waals surface area contributed by atoms with Crippen molar-refractivity contribution in [2.75, 3.05) is 20.7 Å². The first-order chi connectivity index (χ1) is 14.8. The number of hydrogen-bond acceptors (Lipinski definition) is 4. The van der Waals surface area contributed by atoms with E-state index in [2.05, 4.69) is 11.1 Å². The van der Waals surface area contributed by atoms with Crippen LogP contribution in [0.1, 0.15) is 57.8 Å². The third-order valence-electron chi connectivity index (χ3n) is 9.55. The molecule has 4 N–H and O–H groups in total. The van der Waals surface area contributed by atoms with E-state index in [0.717, 1.165) is 57.1 Å². The molecule has 1 heterocycles. The van der Waals surface area contributed by atoms with Gasteiger partial charge in [-0.3, -0.25) is 4.99 Å². The van der Waals surface area contributed by atoms with Gasteiger partial charge in [-0.15, -0.1) is 0 Å². The van der Waals surface area contributed by atoms with Gasteiger partial charge in [0.15, 0.2) is 5.96 Å². The van der Waals surface area contributed by atoms with Gasteiger partial charge in [-0.25, -0.2) is 4.79 Å². The van der Waals surface area contributed by atoms with Gasteiger partial charge >= 0.3 is 5.97 Å². The lowest BCUT2D eigenvalue weighted by Gasteiger charge is -2.58. The zero-order valence-corrected chi connectivity index (χ0v) is 18.6. The molecule has 0 aromatic rings. The predicted octanol–water partition coefficient (Wildman–Crippen LogP) is 2.66. The molecule has 3 saturated carbocycles. The number of carboxylic acids is 1. The quantitative estimate of drug-likeness (QED) is 0.460. The number of guanidine groups is 1.